The Morgan fingerprint density at radius 1 is 1.50 bits per heavy atom. The number of ether oxygens (including phenoxy) is 1. The van der Waals surface area contributed by atoms with Gasteiger partial charge in [-0.05, 0) is 25.6 Å². The van der Waals surface area contributed by atoms with Crippen LogP contribution < -0.4 is 5.32 Å². The molecule has 1 aliphatic rings. The highest BCUT2D eigenvalue weighted by Gasteiger charge is 2.44. The number of likely N-dealkylation sites (tertiary alicyclic amines) is 1. The number of amides is 2. The van der Waals surface area contributed by atoms with Crippen LogP contribution >= 0.6 is 24.0 Å². The van der Waals surface area contributed by atoms with E-state index in [9.17, 15) is 22.8 Å². The van der Waals surface area contributed by atoms with Gasteiger partial charge in [-0.1, -0.05) is 19.2 Å². The van der Waals surface area contributed by atoms with E-state index < -0.39 is 29.9 Å². The first kappa shape index (κ1) is 23.0. The molecule has 2 unspecified atom stereocenters. The molecule has 1 aliphatic heterocycles. The lowest BCUT2D eigenvalue weighted by atomic mass is 10.2. The van der Waals surface area contributed by atoms with Gasteiger partial charge in [-0.15, -0.1) is 0 Å². The first-order chi connectivity index (χ1) is 10.6. The van der Waals surface area contributed by atoms with Crippen LogP contribution in [-0.2, 0) is 14.3 Å². The third-order valence-corrected chi connectivity index (χ3v) is 4.60. The van der Waals surface area contributed by atoms with Gasteiger partial charge in [0.15, 0.2) is 0 Å². The first-order valence-electron chi connectivity index (χ1n) is 7.11. The van der Waals surface area contributed by atoms with Crippen molar-refractivity contribution in [2.75, 3.05) is 13.2 Å². The van der Waals surface area contributed by atoms with Crippen molar-refractivity contribution in [3.8, 4) is 0 Å². The Kier molecular flexibility index (Phi) is 9.64. The quantitative estimate of drug-likeness (QED) is 0.709. The molecule has 24 heavy (non-hydrogen) atoms. The zero-order valence-corrected chi connectivity index (χ0v) is 14.4. The zero-order valence-electron chi connectivity index (χ0n) is 12.8. The summed E-state index contributed by atoms with van der Waals surface area (Å²) in [5.74, 6) is -0.998. The molecule has 0 aliphatic carbocycles. The molecule has 1 fully saturated rings. The third kappa shape index (κ3) is 7.25. The summed E-state index contributed by atoms with van der Waals surface area (Å²) in [7, 11) is 0. The minimum atomic E-state index is -4.61. The first-order valence-corrected chi connectivity index (χ1v) is 8.40. The van der Waals surface area contributed by atoms with Crippen molar-refractivity contribution < 1.29 is 27.5 Å². The van der Waals surface area contributed by atoms with Crippen molar-refractivity contribution in [3.63, 3.8) is 0 Å². The second kappa shape index (κ2) is 10.1. The van der Waals surface area contributed by atoms with Gasteiger partial charge in [-0.3, -0.25) is 9.59 Å². The number of hydrogen-bond acceptors (Lipinski definition) is 5. The molecule has 140 valence electrons. The van der Waals surface area contributed by atoms with Crippen LogP contribution in [0.4, 0.5) is 13.2 Å². The monoisotopic (exact) mass is 388 g/mol. The summed E-state index contributed by atoms with van der Waals surface area (Å²) in [5, 5.41) is 1.06. The van der Waals surface area contributed by atoms with Crippen molar-refractivity contribution in [2.24, 2.45) is 0 Å². The molecule has 10 heteroatoms. The van der Waals surface area contributed by atoms with Crippen LogP contribution in [0.2, 0.25) is 0 Å². The summed E-state index contributed by atoms with van der Waals surface area (Å²) in [6.45, 7) is 3.39. The molecular formula is C14H23F3N2O3S2. The third-order valence-electron chi connectivity index (χ3n) is 3.16. The van der Waals surface area contributed by atoms with E-state index in [1.165, 1.54) is 4.90 Å². The highest BCUT2D eigenvalue weighted by atomic mass is 32.2. The van der Waals surface area contributed by atoms with Crippen molar-refractivity contribution in [2.45, 2.75) is 58.1 Å². The van der Waals surface area contributed by atoms with E-state index in [0.717, 1.165) is 18.7 Å². The standard InChI is InChI=1S/C13H19F3N2O3S2.CH4/c1-3-21-12(22)23-11(18-6-4-5-10(18)20)7-9(13(14,15)16)17-8(2)19;/h9,11H,3-7H2,1-2H3,(H,17,19);1H4. The number of rotatable bonds is 6. The maximum atomic E-state index is 13.1. The number of thioether (sulfide) groups is 1. The molecule has 0 aromatic rings. The average Bonchev–Trinajstić information content (AvgIpc) is 2.82. The largest absolute Gasteiger partial charge is 0.479 e. The van der Waals surface area contributed by atoms with Crippen LogP contribution in [0.1, 0.15) is 40.5 Å². The molecule has 1 rings (SSSR count). The minimum absolute atomic E-state index is 0. The molecule has 1 saturated heterocycles. The summed E-state index contributed by atoms with van der Waals surface area (Å²) in [5.41, 5.74) is 0. The van der Waals surface area contributed by atoms with Gasteiger partial charge in [-0.2, -0.15) is 13.2 Å². The maximum absolute atomic E-state index is 13.1. The summed E-state index contributed by atoms with van der Waals surface area (Å²) >= 11 is 5.88. The van der Waals surface area contributed by atoms with Gasteiger partial charge in [0.2, 0.25) is 16.2 Å². The molecular weight excluding hydrogens is 365 g/mol. The van der Waals surface area contributed by atoms with E-state index in [0.29, 0.717) is 26.0 Å². The SMILES string of the molecule is C.CCOC(=S)SC(CC(NC(C)=O)C(F)(F)F)N1CCCC1=O. The van der Waals surface area contributed by atoms with Crippen LogP contribution in [0.15, 0.2) is 0 Å². The fraction of sp³-hybridized carbons (Fsp3) is 0.786. The van der Waals surface area contributed by atoms with E-state index in [4.69, 9.17) is 17.0 Å². The number of nitrogens with one attached hydrogen (secondary N) is 1. The summed E-state index contributed by atoms with van der Waals surface area (Å²) < 4.78 is 44.5. The fourth-order valence-electron chi connectivity index (χ4n) is 2.20. The Morgan fingerprint density at radius 2 is 2.12 bits per heavy atom. The lowest BCUT2D eigenvalue weighted by molar-refractivity contribution is -0.164. The van der Waals surface area contributed by atoms with Gasteiger partial charge in [0, 0.05) is 26.3 Å². The zero-order chi connectivity index (χ0) is 17.6. The number of carbonyl (C=O) groups is 2. The van der Waals surface area contributed by atoms with Crippen LogP contribution in [0, 0.1) is 0 Å². The number of hydrogen-bond donors (Lipinski definition) is 1. The lowest BCUT2D eigenvalue weighted by Gasteiger charge is -2.31. The second-order valence-electron chi connectivity index (χ2n) is 4.98. The number of carbonyl (C=O) groups excluding carboxylic acids is 2. The molecule has 2 amide bonds. The molecule has 0 saturated carbocycles. The Hall–Kier alpha value is -1.03. The van der Waals surface area contributed by atoms with E-state index in [2.05, 4.69) is 0 Å². The van der Waals surface area contributed by atoms with Crippen LogP contribution in [-0.4, -0.2) is 51.8 Å². The summed E-state index contributed by atoms with van der Waals surface area (Å²) in [6.07, 6.45) is -4.20. The second-order valence-corrected chi connectivity index (χ2v) is 6.76. The van der Waals surface area contributed by atoms with Gasteiger partial charge < -0.3 is 15.0 Å². The number of thiocarbonyl (C=S) groups is 1. The van der Waals surface area contributed by atoms with Crippen molar-refractivity contribution in [3.05, 3.63) is 0 Å². The Morgan fingerprint density at radius 3 is 2.54 bits per heavy atom. The molecule has 0 spiro atoms. The van der Waals surface area contributed by atoms with Crippen LogP contribution in [0.5, 0.6) is 0 Å². The normalized spacial score (nSPS) is 17.0. The van der Waals surface area contributed by atoms with E-state index >= 15 is 0 Å². The van der Waals surface area contributed by atoms with Gasteiger partial charge in [0.25, 0.3) is 0 Å². The fourth-order valence-corrected chi connectivity index (χ4v) is 3.69. The smallest absolute Gasteiger partial charge is 0.408 e. The molecule has 1 heterocycles. The highest BCUT2D eigenvalue weighted by Crippen LogP contribution is 2.32. The summed E-state index contributed by atoms with van der Waals surface area (Å²) in [4.78, 5) is 24.3. The Balaban J connectivity index is 0.00000529. The number of nitrogens with zero attached hydrogens (tertiary/aromatic N) is 1. The predicted molar refractivity (Wildman–Crippen MR) is 91.6 cm³/mol. The Labute approximate surface area is 149 Å². The van der Waals surface area contributed by atoms with Gasteiger partial charge in [0.05, 0.1) is 12.0 Å². The minimum Gasteiger partial charge on any atom is -0.479 e. The van der Waals surface area contributed by atoms with Gasteiger partial charge in [0.1, 0.15) is 6.04 Å². The molecule has 0 bridgehead atoms. The van der Waals surface area contributed by atoms with Crippen molar-refractivity contribution >= 4 is 40.2 Å². The maximum Gasteiger partial charge on any atom is 0.408 e. The molecule has 5 nitrogen and oxygen atoms in total. The highest BCUT2D eigenvalue weighted by molar-refractivity contribution is 8.23. The van der Waals surface area contributed by atoms with Gasteiger partial charge in [-0.25, -0.2) is 0 Å². The summed E-state index contributed by atoms with van der Waals surface area (Å²) in [6, 6.07) is -2.05. The molecule has 0 aromatic carbocycles. The van der Waals surface area contributed by atoms with Crippen molar-refractivity contribution in [1.82, 2.24) is 10.2 Å². The molecule has 1 N–H and O–H groups in total. The van der Waals surface area contributed by atoms with Crippen LogP contribution in [0.25, 0.3) is 0 Å². The number of alkyl halides is 3. The average molecular weight is 388 g/mol. The molecule has 0 radical (unpaired) electrons. The van der Waals surface area contributed by atoms with E-state index in [1.54, 1.807) is 6.92 Å². The predicted octanol–water partition coefficient (Wildman–Crippen LogP) is 3.08. The van der Waals surface area contributed by atoms with Crippen molar-refractivity contribution in [1.29, 1.82) is 0 Å². The van der Waals surface area contributed by atoms with Crippen LogP contribution in [0.3, 0.4) is 0 Å². The van der Waals surface area contributed by atoms with E-state index in [-0.39, 0.29) is 17.7 Å². The Bertz CT molecular complexity index is 461. The number of halogens is 3. The van der Waals surface area contributed by atoms with E-state index in [1.807, 2.05) is 5.32 Å². The lowest BCUT2D eigenvalue weighted by Crippen LogP contribution is -2.49. The topological polar surface area (TPSA) is 58.6 Å². The van der Waals surface area contributed by atoms with Gasteiger partial charge >= 0.3 is 6.18 Å². The molecule has 2 atom stereocenters. The molecule has 0 aromatic heterocycles.